The summed E-state index contributed by atoms with van der Waals surface area (Å²) in [5.74, 6) is 1.23. The Hall–Kier alpha value is -4.72. The van der Waals surface area contributed by atoms with Crippen molar-refractivity contribution in [3.8, 4) is 17.1 Å². The zero-order chi connectivity index (χ0) is 22.2. The minimum absolute atomic E-state index is 0.232. The van der Waals surface area contributed by atoms with E-state index in [4.69, 9.17) is 0 Å². The molecule has 33 heavy (non-hydrogen) atoms. The molecule has 0 amide bonds. The molecule has 0 saturated carbocycles. The third-order valence-electron chi connectivity index (χ3n) is 5.52. The molecule has 3 aromatic carbocycles. The fourth-order valence-electron chi connectivity index (χ4n) is 3.82. The first-order chi connectivity index (χ1) is 16.2. The molecule has 3 heterocycles. The summed E-state index contributed by atoms with van der Waals surface area (Å²) >= 11 is 0. The van der Waals surface area contributed by atoms with E-state index in [1.165, 1.54) is 6.20 Å². The molecule has 3 N–H and O–H groups in total. The van der Waals surface area contributed by atoms with Gasteiger partial charge in [-0.15, -0.1) is 0 Å². The largest absolute Gasteiger partial charge is 0.352 e. The molecular weight excluding hydrogens is 414 g/mol. The Morgan fingerprint density at radius 2 is 1.64 bits per heavy atom. The van der Waals surface area contributed by atoms with Crippen LogP contribution in [-0.2, 0) is 6.54 Å². The van der Waals surface area contributed by atoms with E-state index in [2.05, 4.69) is 30.4 Å². The van der Waals surface area contributed by atoms with Crippen molar-refractivity contribution in [1.29, 1.82) is 0 Å². The highest BCUT2D eigenvalue weighted by molar-refractivity contribution is 5.79. The van der Waals surface area contributed by atoms with Crippen molar-refractivity contribution in [3.05, 3.63) is 101 Å². The van der Waals surface area contributed by atoms with E-state index in [9.17, 15) is 4.79 Å². The number of hydrogen-bond donors (Lipinski definition) is 3. The molecule has 3 aromatic heterocycles. The molecule has 6 rings (SSSR count). The van der Waals surface area contributed by atoms with Gasteiger partial charge in [0.05, 0.1) is 22.9 Å². The Labute approximate surface area is 188 Å². The van der Waals surface area contributed by atoms with E-state index in [0.717, 1.165) is 33.7 Å². The molecular formula is C25H19N7O. The summed E-state index contributed by atoms with van der Waals surface area (Å²) in [7, 11) is 0. The van der Waals surface area contributed by atoms with Gasteiger partial charge in [-0.3, -0.25) is 9.78 Å². The first kappa shape index (κ1) is 19.0. The lowest BCUT2D eigenvalue weighted by Crippen LogP contribution is -2.13. The van der Waals surface area contributed by atoms with Crippen LogP contribution in [0.3, 0.4) is 0 Å². The number of anilines is 1. The second kappa shape index (κ2) is 7.76. The van der Waals surface area contributed by atoms with E-state index in [1.54, 1.807) is 4.68 Å². The molecule has 0 atom stereocenters. The maximum Gasteiger partial charge on any atom is 0.263 e. The molecule has 0 aliphatic carbocycles. The molecule has 8 heteroatoms. The zero-order valence-electron chi connectivity index (χ0n) is 17.5. The van der Waals surface area contributed by atoms with E-state index in [-0.39, 0.29) is 5.56 Å². The molecule has 160 valence electrons. The van der Waals surface area contributed by atoms with Gasteiger partial charge in [0.2, 0.25) is 5.95 Å². The minimum Gasteiger partial charge on any atom is -0.352 e. The van der Waals surface area contributed by atoms with Crippen LogP contribution in [0.15, 0.2) is 89.9 Å². The van der Waals surface area contributed by atoms with Crippen molar-refractivity contribution < 1.29 is 0 Å². The van der Waals surface area contributed by atoms with Crippen molar-refractivity contribution in [3.63, 3.8) is 0 Å². The van der Waals surface area contributed by atoms with Gasteiger partial charge in [0.25, 0.3) is 5.56 Å². The second-order valence-electron chi connectivity index (χ2n) is 7.70. The van der Waals surface area contributed by atoms with Crippen LogP contribution in [0.2, 0.25) is 0 Å². The Balaban J connectivity index is 1.24. The maximum absolute atomic E-state index is 12.5. The van der Waals surface area contributed by atoms with Gasteiger partial charge in [-0.1, -0.05) is 54.6 Å². The Morgan fingerprint density at radius 1 is 0.848 bits per heavy atom. The van der Waals surface area contributed by atoms with Crippen molar-refractivity contribution in [2.75, 3.05) is 5.32 Å². The number of nitrogens with zero attached hydrogens (tertiary/aromatic N) is 4. The number of H-pyrrole nitrogens is 2. The number of hydrogen-bond acceptors (Lipinski definition) is 5. The van der Waals surface area contributed by atoms with Crippen LogP contribution in [0, 0.1) is 0 Å². The molecule has 0 bridgehead atoms. The van der Waals surface area contributed by atoms with E-state index >= 15 is 0 Å². The fourth-order valence-corrected chi connectivity index (χ4v) is 3.82. The maximum atomic E-state index is 12.5. The summed E-state index contributed by atoms with van der Waals surface area (Å²) in [5.41, 5.74) is 5.14. The monoisotopic (exact) mass is 433 g/mol. The summed E-state index contributed by atoms with van der Waals surface area (Å²) in [5, 5.41) is 7.99. The highest BCUT2D eigenvalue weighted by Gasteiger charge is 2.11. The molecule has 0 spiro atoms. The molecule has 8 nitrogen and oxygen atoms in total. The number of aromatic amines is 2. The summed E-state index contributed by atoms with van der Waals surface area (Å²) in [6, 6.07) is 25.7. The average Bonchev–Trinajstić information content (AvgIpc) is 3.48. The molecule has 6 aromatic rings. The standard InChI is InChI=1S/C25H19N7O/c33-24-19-15-27-32(18-6-2-1-3-7-18)23(19)30-25(31-24)26-14-16-10-12-17(13-11-16)22-28-20-8-4-5-9-21(20)29-22/h1-13,15H,14H2,(H,28,29)(H2,26,30,31,33). The first-order valence-electron chi connectivity index (χ1n) is 10.6. The van der Waals surface area contributed by atoms with E-state index in [0.29, 0.717) is 23.5 Å². The summed E-state index contributed by atoms with van der Waals surface area (Å²) in [4.78, 5) is 27.9. The van der Waals surface area contributed by atoms with Crippen LogP contribution < -0.4 is 10.9 Å². The van der Waals surface area contributed by atoms with E-state index < -0.39 is 0 Å². The number of aromatic nitrogens is 6. The fraction of sp³-hybridized carbons (Fsp3) is 0.0400. The highest BCUT2D eigenvalue weighted by Crippen LogP contribution is 2.21. The molecule has 0 fully saturated rings. The third kappa shape index (κ3) is 3.53. The predicted molar refractivity (Wildman–Crippen MR) is 128 cm³/mol. The van der Waals surface area contributed by atoms with Crippen LogP contribution in [0.5, 0.6) is 0 Å². The lowest BCUT2D eigenvalue weighted by Gasteiger charge is -2.07. The van der Waals surface area contributed by atoms with Crippen molar-refractivity contribution in [1.82, 2.24) is 29.7 Å². The summed E-state index contributed by atoms with van der Waals surface area (Å²) in [6.45, 7) is 0.508. The van der Waals surface area contributed by atoms with Crippen molar-refractivity contribution in [2.24, 2.45) is 0 Å². The minimum atomic E-state index is -0.232. The van der Waals surface area contributed by atoms with Gasteiger partial charge in [-0.05, 0) is 29.8 Å². The normalized spacial score (nSPS) is 11.3. The summed E-state index contributed by atoms with van der Waals surface area (Å²) < 4.78 is 1.66. The number of fused-ring (bicyclic) bond motifs is 2. The van der Waals surface area contributed by atoms with Crippen molar-refractivity contribution in [2.45, 2.75) is 6.54 Å². The van der Waals surface area contributed by atoms with Crippen LogP contribution in [-0.4, -0.2) is 29.7 Å². The Bertz CT molecular complexity index is 1600. The first-order valence-corrected chi connectivity index (χ1v) is 10.6. The molecule has 0 radical (unpaired) electrons. The second-order valence-corrected chi connectivity index (χ2v) is 7.70. The Morgan fingerprint density at radius 3 is 2.45 bits per heavy atom. The van der Waals surface area contributed by atoms with Crippen LogP contribution >= 0.6 is 0 Å². The Kier molecular flexibility index (Phi) is 4.47. The number of imidazole rings is 1. The average molecular weight is 433 g/mol. The SMILES string of the molecule is O=c1[nH]c(NCc2ccc(-c3nc4ccccc4[nH]3)cc2)nc2c1cnn2-c1ccccc1. The van der Waals surface area contributed by atoms with Gasteiger partial charge >= 0.3 is 0 Å². The van der Waals surface area contributed by atoms with Gasteiger partial charge in [0, 0.05) is 12.1 Å². The number of benzene rings is 3. The lowest BCUT2D eigenvalue weighted by molar-refractivity contribution is 0.893. The van der Waals surface area contributed by atoms with Gasteiger partial charge in [-0.2, -0.15) is 10.1 Å². The van der Waals surface area contributed by atoms with Gasteiger partial charge < -0.3 is 10.3 Å². The third-order valence-corrected chi connectivity index (χ3v) is 5.52. The van der Waals surface area contributed by atoms with Crippen LogP contribution in [0.4, 0.5) is 5.95 Å². The quantitative estimate of drug-likeness (QED) is 0.377. The van der Waals surface area contributed by atoms with Gasteiger partial charge in [0.1, 0.15) is 11.2 Å². The number of nitrogens with one attached hydrogen (secondary N) is 3. The topological polar surface area (TPSA) is 104 Å². The number of rotatable bonds is 5. The number of para-hydroxylation sites is 3. The molecule has 0 saturated heterocycles. The van der Waals surface area contributed by atoms with Crippen molar-refractivity contribution >= 4 is 28.0 Å². The van der Waals surface area contributed by atoms with Crippen LogP contribution in [0.25, 0.3) is 39.1 Å². The molecule has 0 aliphatic rings. The predicted octanol–water partition coefficient (Wildman–Crippen LogP) is 4.26. The molecule has 0 aliphatic heterocycles. The smallest absolute Gasteiger partial charge is 0.263 e. The lowest BCUT2D eigenvalue weighted by atomic mass is 10.1. The van der Waals surface area contributed by atoms with Gasteiger partial charge in [0.15, 0.2) is 5.65 Å². The van der Waals surface area contributed by atoms with Gasteiger partial charge in [-0.25, -0.2) is 9.67 Å². The van der Waals surface area contributed by atoms with Crippen LogP contribution in [0.1, 0.15) is 5.56 Å². The highest BCUT2D eigenvalue weighted by atomic mass is 16.1. The summed E-state index contributed by atoms with van der Waals surface area (Å²) in [6.07, 6.45) is 1.54. The molecule has 0 unspecified atom stereocenters. The van der Waals surface area contributed by atoms with E-state index in [1.807, 2.05) is 78.9 Å². The zero-order valence-corrected chi connectivity index (χ0v) is 17.5.